The lowest BCUT2D eigenvalue weighted by atomic mass is 9.82. The monoisotopic (exact) mass is 575 g/mol. The zero-order chi connectivity index (χ0) is 28.4. The van der Waals surface area contributed by atoms with Crippen LogP contribution in [0.25, 0.3) is 0 Å². The fourth-order valence-corrected chi connectivity index (χ4v) is 7.14. The van der Waals surface area contributed by atoms with Gasteiger partial charge in [0.2, 0.25) is 16.8 Å². The predicted molar refractivity (Wildman–Crippen MR) is 138 cm³/mol. The molecule has 1 saturated heterocycles. The molecule has 2 N–H and O–H groups in total. The van der Waals surface area contributed by atoms with Gasteiger partial charge in [-0.2, -0.15) is 4.31 Å². The summed E-state index contributed by atoms with van der Waals surface area (Å²) in [6.45, 7) is -0.294. The van der Waals surface area contributed by atoms with Crippen LogP contribution in [-0.2, 0) is 19.6 Å². The lowest BCUT2D eigenvalue weighted by Gasteiger charge is -2.34. The van der Waals surface area contributed by atoms with Crippen LogP contribution >= 0.6 is 0 Å². The largest absolute Gasteiger partial charge is 0.481 e. The third kappa shape index (κ3) is 5.61. The smallest absolute Gasteiger partial charge is 0.305 e. The van der Waals surface area contributed by atoms with Gasteiger partial charge in [0.15, 0.2) is 17.7 Å². The minimum Gasteiger partial charge on any atom is -0.481 e. The molecule has 2 aromatic carbocycles. The summed E-state index contributed by atoms with van der Waals surface area (Å²) in [5, 5.41) is 12.3. The highest BCUT2D eigenvalue weighted by Crippen LogP contribution is 2.34. The minimum atomic E-state index is -4.34. The fourth-order valence-electron chi connectivity index (χ4n) is 5.60. The normalized spacial score (nSPS) is 20.3. The van der Waals surface area contributed by atoms with Gasteiger partial charge in [-0.3, -0.25) is 14.4 Å². The van der Waals surface area contributed by atoms with Crippen molar-refractivity contribution >= 4 is 27.8 Å². The molecule has 2 aromatic rings. The number of carbonyl (C=O) groups is 3. The van der Waals surface area contributed by atoms with Crippen molar-refractivity contribution in [1.29, 1.82) is 0 Å². The summed E-state index contributed by atoms with van der Waals surface area (Å²) < 4.78 is 52.4. The zero-order valence-electron chi connectivity index (χ0n) is 21.6. The molecule has 13 heteroatoms. The van der Waals surface area contributed by atoms with Gasteiger partial charge in [0, 0.05) is 24.7 Å². The summed E-state index contributed by atoms with van der Waals surface area (Å²) in [5.74, 6) is -2.41. The maximum absolute atomic E-state index is 13.8. The summed E-state index contributed by atoms with van der Waals surface area (Å²) in [5.41, 5.74) is 0.164. The number of sulfonamides is 1. The average Bonchev–Trinajstić information content (AvgIpc) is 3.60. The summed E-state index contributed by atoms with van der Waals surface area (Å²) in [7, 11) is -4.34. The Bertz CT molecular complexity index is 1390. The van der Waals surface area contributed by atoms with E-state index in [0.717, 1.165) is 65.6 Å². The first-order valence-electron chi connectivity index (χ1n) is 13.2. The predicted octanol–water partition coefficient (Wildman–Crippen LogP) is 2.57. The first kappa shape index (κ1) is 27.8. The van der Waals surface area contributed by atoms with Crippen LogP contribution in [0.2, 0.25) is 0 Å². The number of fused-ring (bicyclic) bond motifs is 1. The molecule has 1 saturated carbocycles. The van der Waals surface area contributed by atoms with E-state index < -0.39 is 45.8 Å². The van der Waals surface area contributed by atoms with E-state index in [1.54, 1.807) is 6.07 Å². The second-order valence-corrected chi connectivity index (χ2v) is 12.0. The summed E-state index contributed by atoms with van der Waals surface area (Å²) in [6, 6.07) is 7.97. The van der Waals surface area contributed by atoms with Crippen LogP contribution in [-0.4, -0.2) is 72.6 Å². The van der Waals surface area contributed by atoms with Crippen LogP contribution < -0.4 is 14.8 Å². The average molecular weight is 576 g/mol. The van der Waals surface area contributed by atoms with E-state index in [4.69, 9.17) is 9.47 Å². The van der Waals surface area contributed by atoms with Gasteiger partial charge in [0.05, 0.1) is 11.3 Å². The molecule has 0 aromatic heterocycles. The molecule has 1 aliphatic carbocycles. The van der Waals surface area contributed by atoms with E-state index in [1.807, 2.05) is 0 Å². The van der Waals surface area contributed by atoms with Crippen LogP contribution in [0.3, 0.4) is 0 Å². The molecule has 2 fully saturated rings. The number of hydrogen-bond donors (Lipinski definition) is 2. The second kappa shape index (κ2) is 11.4. The van der Waals surface area contributed by atoms with Gasteiger partial charge in [-0.25, -0.2) is 12.8 Å². The fraction of sp³-hybridized carbons (Fsp3) is 0.444. The zero-order valence-corrected chi connectivity index (χ0v) is 22.4. The highest BCUT2D eigenvalue weighted by molar-refractivity contribution is 7.89. The number of nitrogens with one attached hydrogen (secondary N) is 1. The SMILES string of the molecule is O=C(O)CC(NC(=O)C1N(C(=O)c2ccc3c(c2)OCO3)CCN1S(=O)(=O)c1ccc(F)cc1)C1CCCCC1. The standard InChI is InChI=1S/C27H30FN3O8S/c28-19-7-9-20(10-8-19)40(36,37)31-13-12-30(27(35)18-6-11-22-23(14-18)39-16-38-22)26(31)25(34)29-21(15-24(32)33)17-4-2-1-3-5-17/h6-11,14,17,21,26H,1-5,12-13,15-16H2,(H,29,34)(H,32,33). The number of aliphatic carboxylic acids is 1. The number of nitrogens with zero attached hydrogens (tertiary/aromatic N) is 2. The third-order valence-electron chi connectivity index (χ3n) is 7.61. The highest BCUT2D eigenvalue weighted by atomic mass is 32.2. The number of amides is 2. The molecule has 11 nitrogen and oxygen atoms in total. The molecule has 2 atom stereocenters. The van der Waals surface area contributed by atoms with E-state index in [1.165, 1.54) is 12.1 Å². The molecule has 5 rings (SSSR count). The van der Waals surface area contributed by atoms with Gasteiger partial charge in [-0.05, 0) is 61.2 Å². The second-order valence-electron chi connectivity index (χ2n) is 10.1. The van der Waals surface area contributed by atoms with Crippen molar-refractivity contribution < 1.29 is 41.8 Å². The molecular weight excluding hydrogens is 545 g/mol. The number of carbonyl (C=O) groups excluding carboxylic acids is 2. The van der Waals surface area contributed by atoms with Gasteiger partial charge >= 0.3 is 5.97 Å². The van der Waals surface area contributed by atoms with Crippen LogP contribution in [0.15, 0.2) is 47.4 Å². The molecular formula is C27H30FN3O8S. The molecule has 214 valence electrons. The Morgan fingerprint density at radius 3 is 2.40 bits per heavy atom. The maximum atomic E-state index is 13.8. The first-order chi connectivity index (χ1) is 19.1. The molecule has 2 heterocycles. The Kier molecular flexibility index (Phi) is 7.95. The summed E-state index contributed by atoms with van der Waals surface area (Å²) >= 11 is 0. The molecule has 0 radical (unpaired) electrons. The van der Waals surface area contributed by atoms with Crippen LogP contribution in [0.1, 0.15) is 48.9 Å². The van der Waals surface area contributed by atoms with Gasteiger partial charge in [0.25, 0.3) is 11.8 Å². The topological polar surface area (TPSA) is 143 Å². The Hall–Kier alpha value is -3.71. The van der Waals surface area contributed by atoms with Gasteiger partial charge in [-0.15, -0.1) is 0 Å². The van der Waals surface area contributed by atoms with Gasteiger partial charge in [0.1, 0.15) is 5.82 Å². The van der Waals surface area contributed by atoms with E-state index in [9.17, 15) is 32.3 Å². The lowest BCUT2D eigenvalue weighted by Crippen LogP contribution is -2.56. The summed E-state index contributed by atoms with van der Waals surface area (Å²) in [6.07, 6.45) is 2.38. The minimum absolute atomic E-state index is 0.00243. The van der Waals surface area contributed by atoms with Gasteiger partial charge < -0.3 is 24.8 Å². The molecule has 40 heavy (non-hydrogen) atoms. The lowest BCUT2D eigenvalue weighted by molar-refractivity contribution is -0.138. The molecule has 2 aliphatic heterocycles. The van der Waals surface area contributed by atoms with E-state index in [2.05, 4.69) is 5.32 Å². The third-order valence-corrected chi connectivity index (χ3v) is 9.47. The van der Waals surface area contributed by atoms with Crippen molar-refractivity contribution in [2.24, 2.45) is 5.92 Å². The number of hydrogen-bond acceptors (Lipinski definition) is 7. The number of halogens is 1. The molecule has 3 aliphatic rings. The van der Waals surface area contributed by atoms with Crippen molar-refractivity contribution in [3.63, 3.8) is 0 Å². The number of benzene rings is 2. The Balaban J connectivity index is 1.48. The highest BCUT2D eigenvalue weighted by Gasteiger charge is 2.47. The van der Waals surface area contributed by atoms with Crippen LogP contribution in [0.4, 0.5) is 4.39 Å². The molecule has 2 unspecified atom stereocenters. The van der Waals surface area contributed by atoms with Crippen molar-refractivity contribution in [2.75, 3.05) is 19.9 Å². The van der Waals surface area contributed by atoms with Gasteiger partial charge in [-0.1, -0.05) is 19.3 Å². The number of carboxylic acid groups (broad SMARTS) is 1. The first-order valence-corrected chi connectivity index (χ1v) is 14.6. The Morgan fingerprint density at radius 2 is 1.70 bits per heavy atom. The van der Waals surface area contributed by atoms with E-state index >= 15 is 0 Å². The quantitative estimate of drug-likeness (QED) is 0.489. The Morgan fingerprint density at radius 1 is 1.00 bits per heavy atom. The van der Waals surface area contributed by atoms with Crippen LogP contribution in [0, 0.1) is 11.7 Å². The van der Waals surface area contributed by atoms with Crippen LogP contribution in [0.5, 0.6) is 11.5 Å². The van der Waals surface area contributed by atoms with Crippen molar-refractivity contribution in [3.8, 4) is 11.5 Å². The summed E-state index contributed by atoms with van der Waals surface area (Å²) in [4.78, 5) is 40.1. The molecule has 0 spiro atoms. The van der Waals surface area contributed by atoms with Crippen molar-refractivity contribution in [2.45, 2.75) is 55.6 Å². The number of ether oxygens (including phenoxy) is 2. The van der Waals surface area contributed by atoms with Crippen molar-refractivity contribution in [3.05, 3.63) is 53.8 Å². The van der Waals surface area contributed by atoms with Crippen molar-refractivity contribution in [1.82, 2.24) is 14.5 Å². The molecule has 2 amide bonds. The Labute approximate surface area is 230 Å². The van der Waals surface area contributed by atoms with E-state index in [-0.39, 0.29) is 42.7 Å². The number of rotatable bonds is 8. The maximum Gasteiger partial charge on any atom is 0.305 e. The molecule has 0 bridgehead atoms. The van der Waals surface area contributed by atoms with E-state index in [0.29, 0.717) is 11.5 Å². The number of carboxylic acids is 1.